The Balaban J connectivity index is 1.62. The van der Waals surface area contributed by atoms with Crippen LogP contribution in [-0.4, -0.2) is 23.8 Å². The maximum absolute atomic E-state index is 12.2. The molecule has 1 fully saturated rings. The summed E-state index contributed by atoms with van der Waals surface area (Å²) in [5.74, 6) is 0.508. The van der Waals surface area contributed by atoms with Crippen molar-refractivity contribution >= 4 is 21.4 Å². The predicted octanol–water partition coefficient (Wildman–Crippen LogP) is 1.91. The monoisotopic (exact) mass is 338 g/mol. The number of thiophene rings is 1. The number of rotatable bonds is 5. The Morgan fingerprint density at radius 3 is 3.05 bits per heavy atom. The Morgan fingerprint density at radius 1 is 1.50 bits per heavy atom. The zero-order valence-corrected chi connectivity index (χ0v) is 13.2. The first kappa shape index (κ1) is 15.1. The first-order valence-corrected chi connectivity index (χ1v) is 9.25. The summed E-state index contributed by atoms with van der Waals surface area (Å²) in [6.07, 6.45) is 1.53. The van der Waals surface area contributed by atoms with Gasteiger partial charge in [-0.3, -0.25) is 0 Å². The standard InChI is InChI=1S/C13H14N4O3S2/c14-7-9-3-4-10(6-9)22(18,19)15-8-12-16-13(20-17-12)11-2-1-5-21-11/h1-2,5,9-10,15H,3-4,6,8H2. The highest BCUT2D eigenvalue weighted by atomic mass is 32.2. The molecule has 0 bridgehead atoms. The third-order valence-corrected chi connectivity index (χ3v) is 6.35. The summed E-state index contributed by atoms with van der Waals surface area (Å²) < 4.78 is 32.0. The van der Waals surface area contributed by atoms with Gasteiger partial charge in [-0.2, -0.15) is 10.2 Å². The molecule has 3 rings (SSSR count). The van der Waals surface area contributed by atoms with Gasteiger partial charge in [0.05, 0.1) is 22.7 Å². The van der Waals surface area contributed by atoms with E-state index in [1.165, 1.54) is 11.3 Å². The zero-order chi connectivity index (χ0) is 15.6. The van der Waals surface area contributed by atoms with Crippen molar-refractivity contribution < 1.29 is 12.9 Å². The second-order valence-corrected chi connectivity index (χ2v) is 8.11. The van der Waals surface area contributed by atoms with Gasteiger partial charge in [0, 0.05) is 5.92 Å². The first-order valence-electron chi connectivity index (χ1n) is 6.83. The SMILES string of the molecule is N#CC1CCC(S(=O)(=O)NCc2noc(-c3cccs3)n2)C1. The predicted molar refractivity (Wildman–Crippen MR) is 80.1 cm³/mol. The largest absolute Gasteiger partial charge is 0.333 e. The van der Waals surface area contributed by atoms with Gasteiger partial charge in [-0.25, -0.2) is 13.1 Å². The van der Waals surface area contributed by atoms with Crippen molar-refractivity contribution in [3.63, 3.8) is 0 Å². The van der Waals surface area contributed by atoms with Crippen molar-refractivity contribution in [2.45, 2.75) is 31.1 Å². The van der Waals surface area contributed by atoms with E-state index in [0.717, 1.165) is 4.88 Å². The van der Waals surface area contributed by atoms with Gasteiger partial charge in [0.25, 0.3) is 5.89 Å². The normalized spacial score (nSPS) is 21.8. The average molecular weight is 338 g/mol. The summed E-state index contributed by atoms with van der Waals surface area (Å²) in [7, 11) is -3.47. The van der Waals surface area contributed by atoms with Crippen molar-refractivity contribution in [3.05, 3.63) is 23.3 Å². The summed E-state index contributed by atoms with van der Waals surface area (Å²) in [6.45, 7) is -0.00900. The molecule has 1 N–H and O–H groups in total. The van der Waals surface area contributed by atoms with Crippen LogP contribution in [0.2, 0.25) is 0 Å². The topological polar surface area (TPSA) is 109 Å². The summed E-state index contributed by atoms with van der Waals surface area (Å²) in [5.41, 5.74) is 0. The molecule has 2 aromatic heterocycles. The minimum absolute atomic E-state index is 0.00900. The molecule has 22 heavy (non-hydrogen) atoms. The summed E-state index contributed by atoms with van der Waals surface area (Å²) in [4.78, 5) is 5.01. The molecule has 0 spiro atoms. The number of aromatic nitrogens is 2. The third-order valence-electron chi connectivity index (χ3n) is 3.64. The Hall–Kier alpha value is -1.76. The maximum Gasteiger partial charge on any atom is 0.268 e. The molecule has 7 nitrogen and oxygen atoms in total. The van der Waals surface area contributed by atoms with Crippen LogP contribution in [-0.2, 0) is 16.6 Å². The maximum atomic E-state index is 12.2. The van der Waals surface area contributed by atoms with Crippen LogP contribution in [0, 0.1) is 17.2 Å². The Morgan fingerprint density at radius 2 is 2.36 bits per heavy atom. The minimum atomic E-state index is -3.47. The fourth-order valence-electron chi connectivity index (χ4n) is 2.45. The van der Waals surface area contributed by atoms with Crippen LogP contribution in [0.4, 0.5) is 0 Å². The fourth-order valence-corrected chi connectivity index (χ4v) is 4.59. The lowest BCUT2D eigenvalue weighted by molar-refractivity contribution is 0.422. The van der Waals surface area contributed by atoms with Crippen LogP contribution in [0.25, 0.3) is 10.8 Å². The minimum Gasteiger partial charge on any atom is -0.333 e. The Kier molecular flexibility index (Phi) is 4.24. The summed E-state index contributed by atoms with van der Waals surface area (Å²) in [5, 5.41) is 14.0. The molecule has 0 aliphatic heterocycles. The van der Waals surface area contributed by atoms with E-state index >= 15 is 0 Å². The molecule has 2 aromatic rings. The van der Waals surface area contributed by atoms with Gasteiger partial charge < -0.3 is 4.52 Å². The molecule has 1 aliphatic carbocycles. The second kappa shape index (κ2) is 6.16. The van der Waals surface area contributed by atoms with Gasteiger partial charge in [0.15, 0.2) is 5.82 Å². The van der Waals surface area contributed by atoms with Gasteiger partial charge in [0.1, 0.15) is 0 Å². The number of sulfonamides is 1. The van der Waals surface area contributed by atoms with E-state index in [1.54, 1.807) is 0 Å². The Bertz CT molecular complexity index is 777. The molecule has 9 heteroatoms. The molecule has 0 radical (unpaired) electrons. The molecule has 116 valence electrons. The highest BCUT2D eigenvalue weighted by Gasteiger charge is 2.34. The molecule has 0 saturated heterocycles. The lowest BCUT2D eigenvalue weighted by Gasteiger charge is -2.10. The van der Waals surface area contributed by atoms with Crippen LogP contribution in [0.5, 0.6) is 0 Å². The number of hydrogen-bond acceptors (Lipinski definition) is 7. The van der Waals surface area contributed by atoms with Crippen molar-refractivity contribution in [2.24, 2.45) is 5.92 Å². The van der Waals surface area contributed by atoms with Crippen molar-refractivity contribution in [1.29, 1.82) is 5.26 Å². The van der Waals surface area contributed by atoms with Gasteiger partial charge in [0.2, 0.25) is 10.0 Å². The van der Waals surface area contributed by atoms with E-state index < -0.39 is 15.3 Å². The molecule has 2 unspecified atom stereocenters. The molecule has 1 aliphatic rings. The zero-order valence-electron chi connectivity index (χ0n) is 11.6. The molecular formula is C13H14N4O3S2. The molecular weight excluding hydrogens is 324 g/mol. The highest BCUT2D eigenvalue weighted by Crippen LogP contribution is 2.29. The van der Waals surface area contributed by atoms with Crippen molar-refractivity contribution in [2.75, 3.05) is 0 Å². The summed E-state index contributed by atoms with van der Waals surface area (Å²) >= 11 is 1.47. The quantitative estimate of drug-likeness (QED) is 0.892. The molecule has 0 amide bonds. The Labute approximate surface area is 132 Å². The van der Waals surface area contributed by atoms with Gasteiger partial charge in [-0.1, -0.05) is 11.2 Å². The van der Waals surface area contributed by atoms with Gasteiger partial charge >= 0.3 is 0 Å². The van der Waals surface area contributed by atoms with Crippen LogP contribution in [0.1, 0.15) is 25.1 Å². The van der Waals surface area contributed by atoms with Gasteiger partial charge in [-0.05, 0) is 30.7 Å². The molecule has 2 heterocycles. The van der Waals surface area contributed by atoms with Crippen LogP contribution >= 0.6 is 11.3 Å². The van der Waals surface area contributed by atoms with E-state index in [-0.39, 0.29) is 12.5 Å². The number of nitrogens with zero attached hydrogens (tertiary/aromatic N) is 3. The van der Waals surface area contributed by atoms with Gasteiger partial charge in [-0.15, -0.1) is 11.3 Å². The molecule has 1 saturated carbocycles. The number of nitrogens with one attached hydrogen (secondary N) is 1. The number of nitriles is 1. The lowest BCUT2D eigenvalue weighted by Crippen LogP contribution is -2.32. The van der Waals surface area contributed by atoms with E-state index in [0.29, 0.717) is 31.0 Å². The molecule has 0 aromatic carbocycles. The first-order chi connectivity index (χ1) is 10.6. The second-order valence-electron chi connectivity index (χ2n) is 5.12. The van der Waals surface area contributed by atoms with E-state index in [1.807, 2.05) is 17.5 Å². The molecule has 2 atom stereocenters. The smallest absolute Gasteiger partial charge is 0.268 e. The van der Waals surface area contributed by atoms with E-state index in [2.05, 4.69) is 20.9 Å². The van der Waals surface area contributed by atoms with E-state index in [9.17, 15) is 8.42 Å². The van der Waals surface area contributed by atoms with Crippen LogP contribution < -0.4 is 4.72 Å². The third kappa shape index (κ3) is 3.19. The number of hydrogen-bond donors (Lipinski definition) is 1. The van der Waals surface area contributed by atoms with E-state index in [4.69, 9.17) is 9.78 Å². The van der Waals surface area contributed by atoms with Crippen LogP contribution in [0.3, 0.4) is 0 Å². The van der Waals surface area contributed by atoms with Crippen LogP contribution in [0.15, 0.2) is 22.0 Å². The average Bonchev–Trinajstić information content (AvgIpc) is 3.24. The van der Waals surface area contributed by atoms with Crippen molar-refractivity contribution in [1.82, 2.24) is 14.9 Å². The lowest BCUT2D eigenvalue weighted by atomic mass is 10.1. The van der Waals surface area contributed by atoms with Crippen molar-refractivity contribution in [3.8, 4) is 16.8 Å². The highest BCUT2D eigenvalue weighted by molar-refractivity contribution is 7.90. The summed E-state index contributed by atoms with van der Waals surface area (Å²) in [6, 6.07) is 5.86. The fraction of sp³-hybridized carbons (Fsp3) is 0.462.